The lowest BCUT2D eigenvalue weighted by Gasteiger charge is -2.14. The zero-order valence-corrected chi connectivity index (χ0v) is 12.8. The van der Waals surface area contributed by atoms with Gasteiger partial charge in [0.1, 0.15) is 5.75 Å². The molecule has 0 aliphatic rings. The normalized spacial score (nSPS) is 11.6. The van der Waals surface area contributed by atoms with E-state index in [9.17, 15) is 8.42 Å². The van der Waals surface area contributed by atoms with Crippen LogP contribution in [0.4, 0.5) is 11.8 Å². The van der Waals surface area contributed by atoms with E-state index in [1.807, 2.05) is 13.8 Å². The number of aromatic nitrogens is 3. The standard InChI is InChI=1S/C12H16N6O3S/c1-6(2)7-4-16-10(22(15,19)20)3-8(7)21-9-5-17-12(14)18-11(9)13/h3-6H,1-2H3,(H2,15,19,20)(H4,13,14,17,18). The van der Waals surface area contributed by atoms with Gasteiger partial charge in [0.25, 0.3) is 10.0 Å². The number of hydrogen-bond donors (Lipinski definition) is 3. The Bertz CT molecular complexity index is 807. The van der Waals surface area contributed by atoms with Crippen molar-refractivity contribution in [2.45, 2.75) is 24.8 Å². The number of nitrogens with zero attached hydrogens (tertiary/aromatic N) is 3. The molecule has 0 radical (unpaired) electrons. The molecule has 2 aromatic rings. The van der Waals surface area contributed by atoms with E-state index in [0.717, 1.165) is 0 Å². The average Bonchev–Trinajstić information content (AvgIpc) is 2.40. The predicted molar refractivity (Wildman–Crippen MR) is 80.6 cm³/mol. The summed E-state index contributed by atoms with van der Waals surface area (Å²) in [5.41, 5.74) is 11.8. The van der Waals surface area contributed by atoms with E-state index < -0.39 is 10.0 Å². The maximum Gasteiger partial charge on any atom is 0.255 e. The van der Waals surface area contributed by atoms with Crippen LogP contribution in [-0.2, 0) is 10.0 Å². The van der Waals surface area contributed by atoms with Gasteiger partial charge in [0.2, 0.25) is 5.95 Å². The highest BCUT2D eigenvalue weighted by molar-refractivity contribution is 7.89. The maximum absolute atomic E-state index is 11.4. The van der Waals surface area contributed by atoms with Gasteiger partial charge in [0.15, 0.2) is 16.6 Å². The Labute approximate surface area is 127 Å². The van der Waals surface area contributed by atoms with Crippen LogP contribution in [0.2, 0.25) is 0 Å². The van der Waals surface area contributed by atoms with E-state index in [2.05, 4.69) is 15.0 Å². The SMILES string of the molecule is CC(C)c1cnc(S(N)(=O)=O)cc1Oc1cnc(N)nc1N. The Balaban J connectivity index is 2.51. The highest BCUT2D eigenvalue weighted by atomic mass is 32.2. The van der Waals surface area contributed by atoms with E-state index in [1.54, 1.807) is 0 Å². The topological polar surface area (TPSA) is 160 Å². The molecule has 0 amide bonds. The molecule has 0 spiro atoms. The highest BCUT2D eigenvalue weighted by Crippen LogP contribution is 2.33. The molecule has 0 fully saturated rings. The molecule has 0 aliphatic heterocycles. The summed E-state index contributed by atoms with van der Waals surface area (Å²) in [5, 5.41) is 4.78. The highest BCUT2D eigenvalue weighted by Gasteiger charge is 2.17. The lowest BCUT2D eigenvalue weighted by Crippen LogP contribution is -2.14. The first-order valence-electron chi connectivity index (χ1n) is 6.27. The van der Waals surface area contributed by atoms with Crippen LogP contribution in [0.1, 0.15) is 25.3 Å². The predicted octanol–water partition coefficient (Wildman–Crippen LogP) is 0.599. The molecule has 2 heterocycles. The molecule has 0 saturated heterocycles. The van der Waals surface area contributed by atoms with Crippen molar-refractivity contribution >= 4 is 21.8 Å². The molecule has 0 atom stereocenters. The van der Waals surface area contributed by atoms with Crippen molar-refractivity contribution in [3.8, 4) is 11.5 Å². The minimum Gasteiger partial charge on any atom is -0.451 e. The monoisotopic (exact) mass is 324 g/mol. The Hall–Kier alpha value is -2.46. The van der Waals surface area contributed by atoms with E-state index >= 15 is 0 Å². The van der Waals surface area contributed by atoms with Crippen LogP contribution < -0.4 is 21.3 Å². The Morgan fingerprint density at radius 3 is 2.36 bits per heavy atom. The van der Waals surface area contributed by atoms with Crippen molar-refractivity contribution in [2.24, 2.45) is 5.14 Å². The molecular formula is C12H16N6O3S. The Morgan fingerprint density at radius 1 is 1.14 bits per heavy atom. The minimum absolute atomic E-state index is 0.00823. The van der Waals surface area contributed by atoms with Gasteiger partial charge in [-0.1, -0.05) is 13.8 Å². The number of ether oxygens (including phenoxy) is 1. The number of nitrogens with two attached hydrogens (primary N) is 3. The van der Waals surface area contributed by atoms with Gasteiger partial charge in [-0.15, -0.1) is 0 Å². The van der Waals surface area contributed by atoms with Crippen molar-refractivity contribution < 1.29 is 13.2 Å². The summed E-state index contributed by atoms with van der Waals surface area (Å²) in [5.74, 6) is 0.495. The third-order valence-electron chi connectivity index (χ3n) is 2.80. The molecule has 2 rings (SSSR count). The van der Waals surface area contributed by atoms with Gasteiger partial charge in [0, 0.05) is 17.8 Å². The zero-order chi connectivity index (χ0) is 16.5. The fourth-order valence-electron chi connectivity index (χ4n) is 1.70. The third kappa shape index (κ3) is 3.40. The van der Waals surface area contributed by atoms with Crippen molar-refractivity contribution in [3.63, 3.8) is 0 Å². The Morgan fingerprint density at radius 2 is 1.82 bits per heavy atom. The summed E-state index contributed by atoms with van der Waals surface area (Å²) in [6.07, 6.45) is 2.70. The molecule has 0 saturated carbocycles. The molecule has 0 unspecified atom stereocenters. The molecule has 0 aromatic carbocycles. The maximum atomic E-state index is 11.4. The first-order valence-corrected chi connectivity index (χ1v) is 7.81. The molecular weight excluding hydrogens is 308 g/mol. The van der Waals surface area contributed by atoms with Crippen molar-refractivity contribution in [1.29, 1.82) is 0 Å². The van der Waals surface area contributed by atoms with E-state index in [1.165, 1.54) is 18.5 Å². The molecule has 22 heavy (non-hydrogen) atoms. The van der Waals surface area contributed by atoms with Gasteiger partial charge >= 0.3 is 0 Å². The molecule has 118 valence electrons. The van der Waals surface area contributed by atoms with Crippen LogP contribution >= 0.6 is 0 Å². The summed E-state index contributed by atoms with van der Waals surface area (Å²) in [6.45, 7) is 3.81. The molecule has 10 heteroatoms. The fraction of sp³-hybridized carbons (Fsp3) is 0.250. The number of hydrogen-bond acceptors (Lipinski definition) is 8. The van der Waals surface area contributed by atoms with Crippen molar-refractivity contribution in [2.75, 3.05) is 11.5 Å². The first-order chi connectivity index (χ1) is 10.2. The number of nitrogen functional groups attached to an aromatic ring is 2. The van der Waals surface area contributed by atoms with Gasteiger partial charge in [-0.2, -0.15) is 4.98 Å². The third-order valence-corrected chi connectivity index (χ3v) is 3.61. The summed E-state index contributed by atoms with van der Waals surface area (Å²) in [7, 11) is -3.95. The van der Waals surface area contributed by atoms with Crippen LogP contribution in [0.5, 0.6) is 11.5 Å². The molecule has 6 N–H and O–H groups in total. The quantitative estimate of drug-likeness (QED) is 0.736. The van der Waals surface area contributed by atoms with Crippen LogP contribution in [0.25, 0.3) is 0 Å². The number of anilines is 2. The van der Waals surface area contributed by atoms with Gasteiger partial charge in [-0.25, -0.2) is 23.5 Å². The van der Waals surface area contributed by atoms with Gasteiger partial charge in [-0.3, -0.25) is 0 Å². The summed E-state index contributed by atoms with van der Waals surface area (Å²) in [6, 6.07) is 1.24. The van der Waals surface area contributed by atoms with E-state index in [0.29, 0.717) is 5.56 Å². The largest absolute Gasteiger partial charge is 0.451 e. The van der Waals surface area contributed by atoms with Gasteiger partial charge in [-0.05, 0) is 5.92 Å². The average molecular weight is 324 g/mol. The smallest absolute Gasteiger partial charge is 0.255 e. The van der Waals surface area contributed by atoms with Crippen molar-refractivity contribution in [1.82, 2.24) is 15.0 Å². The number of primary sulfonamides is 1. The second-order valence-corrected chi connectivity index (χ2v) is 6.35. The van der Waals surface area contributed by atoms with Crippen molar-refractivity contribution in [3.05, 3.63) is 24.0 Å². The molecule has 2 aromatic heterocycles. The number of sulfonamides is 1. The van der Waals surface area contributed by atoms with Gasteiger partial charge in [0.05, 0.1) is 6.20 Å². The second kappa shape index (κ2) is 5.73. The van der Waals surface area contributed by atoms with E-state index in [-0.39, 0.29) is 34.2 Å². The summed E-state index contributed by atoms with van der Waals surface area (Å²) < 4.78 is 28.5. The Kier molecular flexibility index (Phi) is 4.15. The van der Waals surface area contributed by atoms with Crippen LogP contribution in [-0.4, -0.2) is 23.4 Å². The lowest BCUT2D eigenvalue weighted by atomic mass is 10.1. The second-order valence-electron chi connectivity index (χ2n) is 4.84. The molecule has 9 nitrogen and oxygen atoms in total. The molecule has 0 aliphatic carbocycles. The fourth-order valence-corrected chi connectivity index (χ4v) is 2.17. The number of pyridine rings is 1. The van der Waals surface area contributed by atoms with Crippen LogP contribution in [0.15, 0.2) is 23.5 Å². The van der Waals surface area contributed by atoms with E-state index in [4.69, 9.17) is 21.3 Å². The molecule has 0 bridgehead atoms. The zero-order valence-electron chi connectivity index (χ0n) is 12.0. The lowest BCUT2D eigenvalue weighted by molar-refractivity contribution is 0.467. The van der Waals surface area contributed by atoms with Gasteiger partial charge < -0.3 is 16.2 Å². The first kappa shape index (κ1) is 15.9. The summed E-state index contributed by atoms with van der Waals surface area (Å²) in [4.78, 5) is 11.4. The minimum atomic E-state index is -3.95. The van der Waals surface area contributed by atoms with Crippen LogP contribution in [0.3, 0.4) is 0 Å². The van der Waals surface area contributed by atoms with Crippen LogP contribution in [0, 0.1) is 0 Å². The number of rotatable bonds is 4. The summed E-state index contributed by atoms with van der Waals surface area (Å²) >= 11 is 0.